The molecule has 0 aromatic carbocycles. The van der Waals surface area contributed by atoms with Crippen molar-refractivity contribution < 1.29 is 13.5 Å². The van der Waals surface area contributed by atoms with Gasteiger partial charge in [-0.3, -0.25) is 0 Å². The molecule has 0 aromatic rings. The van der Waals surface area contributed by atoms with E-state index in [4.69, 9.17) is 5.26 Å². The summed E-state index contributed by atoms with van der Waals surface area (Å²) in [5.74, 6) is 0.0396. The molecule has 0 saturated heterocycles. The van der Waals surface area contributed by atoms with Crippen LogP contribution in [0.25, 0.3) is 0 Å². The quantitative estimate of drug-likeness (QED) is 0.694. The summed E-state index contributed by atoms with van der Waals surface area (Å²) in [4.78, 5) is 0. The van der Waals surface area contributed by atoms with Crippen LogP contribution < -0.4 is 4.72 Å². The summed E-state index contributed by atoms with van der Waals surface area (Å²) < 4.78 is 26.0. The zero-order valence-corrected chi connectivity index (χ0v) is 10.7. The van der Waals surface area contributed by atoms with E-state index in [0.717, 1.165) is 12.8 Å². The maximum Gasteiger partial charge on any atom is 0.211 e. The molecule has 1 rings (SSSR count). The van der Waals surface area contributed by atoms with Gasteiger partial charge in [0.2, 0.25) is 10.0 Å². The first-order chi connectivity index (χ1) is 8.05. The number of sulfonamides is 1. The summed E-state index contributed by atoms with van der Waals surface area (Å²) in [6, 6.07) is 1.66. The first-order valence-corrected chi connectivity index (χ1v) is 7.75. The van der Waals surface area contributed by atoms with E-state index in [-0.39, 0.29) is 11.8 Å². The Bertz CT molecular complexity index is 361. The topological polar surface area (TPSA) is 90.2 Å². The maximum atomic E-state index is 11.7. The number of unbranched alkanes of at least 4 members (excludes halogenated alkanes) is 2. The summed E-state index contributed by atoms with van der Waals surface area (Å²) >= 11 is 0. The van der Waals surface area contributed by atoms with Crippen molar-refractivity contribution in [2.24, 2.45) is 0 Å². The Morgan fingerprint density at radius 1 is 1.29 bits per heavy atom. The Labute approximate surface area is 103 Å². The predicted octanol–water partition coefficient (Wildman–Crippen LogP) is 0.903. The third kappa shape index (κ3) is 5.48. The van der Waals surface area contributed by atoms with Gasteiger partial charge in [0.1, 0.15) is 0 Å². The highest BCUT2D eigenvalue weighted by molar-refractivity contribution is 7.89. The average molecular weight is 260 g/mol. The van der Waals surface area contributed by atoms with Crippen molar-refractivity contribution in [3.05, 3.63) is 0 Å². The highest BCUT2D eigenvalue weighted by atomic mass is 32.2. The smallest absolute Gasteiger partial charge is 0.211 e. The molecule has 1 saturated carbocycles. The minimum absolute atomic E-state index is 0.0396. The molecule has 2 atom stereocenters. The minimum Gasteiger partial charge on any atom is -0.391 e. The van der Waals surface area contributed by atoms with Gasteiger partial charge in [0.25, 0.3) is 0 Å². The van der Waals surface area contributed by atoms with Crippen LogP contribution in [0.5, 0.6) is 0 Å². The molecule has 98 valence electrons. The van der Waals surface area contributed by atoms with E-state index in [0.29, 0.717) is 32.1 Å². The molecule has 0 aliphatic heterocycles. The number of nitrogens with one attached hydrogen (secondary N) is 1. The number of hydrogen-bond donors (Lipinski definition) is 2. The molecular formula is C11H20N2O3S. The maximum absolute atomic E-state index is 11.7. The van der Waals surface area contributed by atoms with Crippen LogP contribution in [0, 0.1) is 11.3 Å². The summed E-state index contributed by atoms with van der Waals surface area (Å²) in [6.07, 6.45) is 4.22. The van der Waals surface area contributed by atoms with Gasteiger partial charge in [-0.15, -0.1) is 0 Å². The van der Waals surface area contributed by atoms with Crippen LogP contribution >= 0.6 is 0 Å². The Balaban J connectivity index is 2.35. The molecule has 17 heavy (non-hydrogen) atoms. The van der Waals surface area contributed by atoms with E-state index in [2.05, 4.69) is 4.72 Å². The number of aliphatic hydroxyl groups is 1. The highest BCUT2D eigenvalue weighted by Crippen LogP contribution is 2.19. The highest BCUT2D eigenvalue weighted by Gasteiger charge is 2.26. The van der Waals surface area contributed by atoms with Crippen molar-refractivity contribution in [3.63, 3.8) is 0 Å². The van der Waals surface area contributed by atoms with Crippen LogP contribution in [0.4, 0.5) is 0 Å². The van der Waals surface area contributed by atoms with E-state index in [1.807, 2.05) is 6.07 Å². The van der Waals surface area contributed by atoms with E-state index < -0.39 is 16.1 Å². The Kier molecular flexibility index (Phi) is 5.89. The van der Waals surface area contributed by atoms with Crippen molar-refractivity contribution in [2.75, 3.05) is 5.75 Å². The fourth-order valence-corrected chi connectivity index (χ4v) is 3.47. The third-order valence-corrected chi connectivity index (χ3v) is 4.50. The summed E-state index contributed by atoms with van der Waals surface area (Å²) in [7, 11) is -3.31. The largest absolute Gasteiger partial charge is 0.391 e. The van der Waals surface area contributed by atoms with Crippen LogP contribution in [-0.2, 0) is 10.0 Å². The first kappa shape index (κ1) is 14.4. The number of nitriles is 1. The second-order valence-corrected chi connectivity index (χ2v) is 6.38. The number of aliphatic hydroxyl groups excluding tert-OH is 1. The lowest BCUT2D eigenvalue weighted by Crippen LogP contribution is -2.45. The average Bonchev–Trinajstić information content (AvgIpc) is 2.28. The molecule has 6 heteroatoms. The van der Waals surface area contributed by atoms with Crippen LogP contribution in [0.15, 0.2) is 0 Å². The normalized spacial score (nSPS) is 25.4. The van der Waals surface area contributed by atoms with Crippen LogP contribution in [0.3, 0.4) is 0 Å². The van der Waals surface area contributed by atoms with Gasteiger partial charge in [0.05, 0.1) is 17.9 Å². The monoisotopic (exact) mass is 260 g/mol. The van der Waals surface area contributed by atoms with Crippen molar-refractivity contribution in [2.45, 2.75) is 57.1 Å². The van der Waals surface area contributed by atoms with E-state index in [9.17, 15) is 13.5 Å². The standard InChI is InChI=1S/C11H20N2O3S/c12-8-4-1-5-9-17(15,16)13-10-6-2-3-7-11(10)14/h10-11,13-14H,1-7,9H2. The Morgan fingerprint density at radius 3 is 2.65 bits per heavy atom. The van der Waals surface area contributed by atoms with Crippen LogP contribution in [-0.4, -0.2) is 31.4 Å². The van der Waals surface area contributed by atoms with Gasteiger partial charge >= 0.3 is 0 Å². The minimum atomic E-state index is -3.31. The molecule has 1 aliphatic rings. The lowest BCUT2D eigenvalue weighted by molar-refractivity contribution is 0.101. The Hall–Kier alpha value is -0.640. The second kappa shape index (κ2) is 6.94. The molecule has 0 aromatic heterocycles. The summed E-state index contributed by atoms with van der Waals surface area (Å²) in [5.41, 5.74) is 0. The molecule has 2 unspecified atom stereocenters. The van der Waals surface area contributed by atoms with E-state index in [1.165, 1.54) is 0 Å². The molecule has 2 N–H and O–H groups in total. The van der Waals surface area contributed by atoms with Crippen molar-refractivity contribution >= 4 is 10.0 Å². The molecule has 0 heterocycles. The fraction of sp³-hybridized carbons (Fsp3) is 0.909. The lowest BCUT2D eigenvalue weighted by atomic mass is 9.93. The third-order valence-electron chi connectivity index (χ3n) is 3.01. The summed E-state index contributed by atoms with van der Waals surface area (Å²) in [5, 5.41) is 18.0. The molecule has 0 spiro atoms. The van der Waals surface area contributed by atoms with Gasteiger partial charge in [0, 0.05) is 12.5 Å². The number of nitrogens with zero attached hydrogens (tertiary/aromatic N) is 1. The Morgan fingerprint density at radius 2 is 2.00 bits per heavy atom. The molecule has 5 nitrogen and oxygen atoms in total. The number of hydrogen-bond acceptors (Lipinski definition) is 4. The van der Waals surface area contributed by atoms with E-state index >= 15 is 0 Å². The van der Waals surface area contributed by atoms with Crippen molar-refractivity contribution in [3.8, 4) is 6.07 Å². The van der Waals surface area contributed by atoms with E-state index in [1.54, 1.807) is 0 Å². The van der Waals surface area contributed by atoms with Gasteiger partial charge in [0.15, 0.2) is 0 Å². The molecule has 1 fully saturated rings. The fourth-order valence-electron chi connectivity index (χ4n) is 2.03. The second-order valence-electron chi connectivity index (χ2n) is 4.51. The summed E-state index contributed by atoms with van der Waals surface area (Å²) in [6.45, 7) is 0. The van der Waals surface area contributed by atoms with Gasteiger partial charge in [-0.1, -0.05) is 12.8 Å². The van der Waals surface area contributed by atoms with Gasteiger partial charge in [-0.25, -0.2) is 13.1 Å². The zero-order chi connectivity index (χ0) is 12.7. The predicted molar refractivity (Wildman–Crippen MR) is 64.6 cm³/mol. The molecular weight excluding hydrogens is 240 g/mol. The van der Waals surface area contributed by atoms with Crippen molar-refractivity contribution in [1.29, 1.82) is 5.26 Å². The van der Waals surface area contributed by atoms with Gasteiger partial charge < -0.3 is 5.11 Å². The molecule has 0 radical (unpaired) electrons. The molecule has 0 amide bonds. The SMILES string of the molecule is N#CCCCCS(=O)(=O)NC1CCCCC1O. The molecule has 1 aliphatic carbocycles. The van der Waals surface area contributed by atoms with Crippen LogP contribution in [0.2, 0.25) is 0 Å². The zero-order valence-electron chi connectivity index (χ0n) is 9.93. The van der Waals surface area contributed by atoms with Gasteiger partial charge in [-0.05, 0) is 25.7 Å². The lowest BCUT2D eigenvalue weighted by Gasteiger charge is -2.28. The first-order valence-electron chi connectivity index (χ1n) is 6.10. The number of rotatable bonds is 6. The van der Waals surface area contributed by atoms with Crippen LogP contribution in [0.1, 0.15) is 44.9 Å². The van der Waals surface area contributed by atoms with Gasteiger partial charge in [-0.2, -0.15) is 5.26 Å². The molecule has 0 bridgehead atoms. The van der Waals surface area contributed by atoms with Crippen molar-refractivity contribution in [1.82, 2.24) is 4.72 Å².